The van der Waals surface area contributed by atoms with Crippen LogP contribution in [0.5, 0.6) is 5.75 Å². The van der Waals surface area contributed by atoms with Crippen molar-refractivity contribution in [1.82, 2.24) is 10.2 Å². The minimum atomic E-state index is -4.14. The van der Waals surface area contributed by atoms with Crippen molar-refractivity contribution < 1.29 is 22.7 Å². The second kappa shape index (κ2) is 14.0. The van der Waals surface area contributed by atoms with Crippen molar-refractivity contribution in [3.05, 3.63) is 87.3 Å². The number of amides is 2. The maximum absolute atomic E-state index is 13.8. The van der Waals surface area contributed by atoms with Gasteiger partial charge in [-0.2, -0.15) is 0 Å². The second-order valence-corrected chi connectivity index (χ2v) is 12.3. The third-order valence-corrected chi connectivity index (χ3v) is 8.75. The smallest absolute Gasteiger partial charge is 0.264 e. The summed E-state index contributed by atoms with van der Waals surface area (Å²) in [6.45, 7) is 5.76. The molecule has 3 rings (SSSR count). The first-order valence-corrected chi connectivity index (χ1v) is 15.4. The Labute approximate surface area is 246 Å². The minimum Gasteiger partial charge on any atom is -0.494 e. The standard InChI is InChI=1S/C28H31Br2N3O5S/c1-4-31-28(35)20(3)32(18-21-6-8-22(29)9-7-21)27(34)19-33(24-12-14-25(15-13-24)38-5-2)39(36,37)26-16-10-23(30)11-17-26/h6-17,20H,4-5,18-19H2,1-3H3,(H,31,35). The van der Waals surface area contributed by atoms with E-state index in [0.717, 1.165) is 18.8 Å². The quantitative estimate of drug-likeness (QED) is 0.278. The number of sulfonamides is 1. The van der Waals surface area contributed by atoms with Crippen molar-refractivity contribution in [3.8, 4) is 5.75 Å². The molecule has 1 N–H and O–H groups in total. The summed E-state index contributed by atoms with van der Waals surface area (Å²) in [6, 6.07) is 19.3. The van der Waals surface area contributed by atoms with Gasteiger partial charge in [-0.3, -0.25) is 13.9 Å². The van der Waals surface area contributed by atoms with E-state index in [2.05, 4.69) is 37.2 Å². The van der Waals surface area contributed by atoms with Gasteiger partial charge in [-0.25, -0.2) is 8.42 Å². The minimum absolute atomic E-state index is 0.0311. The van der Waals surface area contributed by atoms with Crippen molar-refractivity contribution in [2.75, 3.05) is 24.0 Å². The summed E-state index contributed by atoms with van der Waals surface area (Å²) in [5.74, 6) is -0.270. The van der Waals surface area contributed by atoms with Gasteiger partial charge in [0.05, 0.1) is 17.2 Å². The van der Waals surface area contributed by atoms with Gasteiger partial charge in [0.25, 0.3) is 10.0 Å². The van der Waals surface area contributed by atoms with Gasteiger partial charge in [-0.1, -0.05) is 44.0 Å². The van der Waals surface area contributed by atoms with E-state index in [4.69, 9.17) is 4.74 Å². The lowest BCUT2D eigenvalue weighted by atomic mass is 10.1. The van der Waals surface area contributed by atoms with E-state index in [1.807, 2.05) is 31.2 Å². The fourth-order valence-electron chi connectivity index (χ4n) is 3.83. The molecule has 2 amide bonds. The lowest BCUT2D eigenvalue weighted by molar-refractivity contribution is -0.139. The third kappa shape index (κ3) is 8.06. The molecule has 0 bridgehead atoms. The normalized spacial score (nSPS) is 11.9. The Morgan fingerprint density at radius 1 is 0.897 bits per heavy atom. The number of anilines is 1. The zero-order chi connectivity index (χ0) is 28.6. The number of benzene rings is 3. The summed E-state index contributed by atoms with van der Waals surface area (Å²) >= 11 is 6.74. The molecule has 0 saturated heterocycles. The van der Waals surface area contributed by atoms with Crippen LogP contribution < -0.4 is 14.4 Å². The summed E-state index contributed by atoms with van der Waals surface area (Å²) in [4.78, 5) is 28.1. The molecule has 0 fully saturated rings. The van der Waals surface area contributed by atoms with Crippen LogP contribution in [0.3, 0.4) is 0 Å². The maximum atomic E-state index is 13.8. The molecule has 39 heavy (non-hydrogen) atoms. The first-order valence-electron chi connectivity index (χ1n) is 12.4. The molecule has 1 atom stereocenters. The highest BCUT2D eigenvalue weighted by atomic mass is 79.9. The molecule has 0 aliphatic rings. The Kier molecular flexibility index (Phi) is 11.0. The zero-order valence-electron chi connectivity index (χ0n) is 21.9. The highest BCUT2D eigenvalue weighted by Crippen LogP contribution is 2.27. The molecule has 1 unspecified atom stereocenters. The van der Waals surface area contributed by atoms with E-state index >= 15 is 0 Å². The van der Waals surface area contributed by atoms with Crippen LogP contribution in [0.2, 0.25) is 0 Å². The van der Waals surface area contributed by atoms with Crippen molar-refractivity contribution in [2.24, 2.45) is 0 Å². The van der Waals surface area contributed by atoms with Gasteiger partial charge in [0.2, 0.25) is 11.8 Å². The molecule has 0 aromatic heterocycles. The van der Waals surface area contributed by atoms with Crippen LogP contribution >= 0.6 is 31.9 Å². The van der Waals surface area contributed by atoms with Gasteiger partial charge in [0.15, 0.2) is 0 Å². The molecule has 0 aliphatic carbocycles. The highest BCUT2D eigenvalue weighted by molar-refractivity contribution is 9.10. The average Bonchev–Trinajstić information content (AvgIpc) is 2.92. The molecule has 11 heteroatoms. The van der Waals surface area contributed by atoms with Gasteiger partial charge < -0.3 is 15.0 Å². The Hall–Kier alpha value is -2.89. The molecule has 0 heterocycles. The molecule has 0 aliphatic heterocycles. The molecule has 0 spiro atoms. The third-order valence-electron chi connectivity index (χ3n) is 5.90. The zero-order valence-corrected chi connectivity index (χ0v) is 25.9. The van der Waals surface area contributed by atoms with Crippen LogP contribution in [0, 0.1) is 0 Å². The van der Waals surface area contributed by atoms with E-state index in [1.165, 1.54) is 17.0 Å². The monoisotopic (exact) mass is 679 g/mol. The molecule has 3 aromatic rings. The SMILES string of the molecule is CCNC(=O)C(C)N(Cc1ccc(Br)cc1)C(=O)CN(c1ccc(OCC)cc1)S(=O)(=O)c1ccc(Br)cc1. The number of hydrogen-bond donors (Lipinski definition) is 1. The van der Waals surface area contributed by atoms with Crippen LogP contribution in [-0.2, 0) is 26.2 Å². The Morgan fingerprint density at radius 3 is 2.00 bits per heavy atom. The number of rotatable bonds is 12. The van der Waals surface area contributed by atoms with Crippen molar-refractivity contribution in [3.63, 3.8) is 0 Å². The number of ether oxygens (including phenoxy) is 1. The summed E-state index contributed by atoms with van der Waals surface area (Å²) in [7, 11) is -4.14. The molecule has 8 nitrogen and oxygen atoms in total. The first-order chi connectivity index (χ1) is 18.6. The number of hydrogen-bond acceptors (Lipinski definition) is 5. The summed E-state index contributed by atoms with van der Waals surface area (Å²) in [5.41, 5.74) is 1.09. The van der Waals surface area contributed by atoms with Crippen molar-refractivity contribution in [1.29, 1.82) is 0 Å². The van der Waals surface area contributed by atoms with E-state index in [0.29, 0.717) is 24.6 Å². The Bertz CT molecular complexity index is 1370. The molecular weight excluding hydrogens is 650 g/mol. The van der Waals surface area contributed by atoms with E-state index in [-0.39, 0.29) is 17.3 Å². The number of carbonyl (C=O) groups is 2. The highest BCUT2D eigenvalue weighted by Gasteiger charge is 2.32. The summed E-state index contributed by atoms with van der Waals surface area (Å²) in [5, 5.41) is 2.75. The Morgan fingerprint density at radius 2 is 1.46 bits per heavy atom. The maximum Gasteiger partial charge on any atom is 0.264 e. The van der Waals surface area contributed by atoms with Gasteiger partial charge in [-0.15, -0.1) is 0 Å². The fourth-order valence-corrected chi connectivity index (χ4v) is 5.77. The largest absolute Gasteiger partial charge is 0.494 e. The number of halogens is 2. The van der Waals surface area contributed by atoms with Crippen LogP contribution in [0.25, 0.3) is 0 Å². The number of nitrogens with one attached hydrogen (secondary N) is 1. The summed E-state index contributed by atoms with van der Waals surface area (Å²) in [6.07, 6.45) is 0. The number of likely N-dealkylation sites (N-methyl/N-ethyl adjacent to an activating group) is 1. The van der Waals surface area contributed by atoms with E-state index in [9.17, 15) is 18.0 Å². The average molecular weight is 681 g/mol. The lowest BCUT2D eigenvalue weighted by Gasteiger charge is -2.32. The van der Waals surface area contributed by atoms with Crippen LogP contribution in [0.15, 0.2) is 86.6 Å². The van der Waals surface area contributed by atoms with Crippen LogP contribution in [0.4, 0.5) is 5.69 Å². The Balaban J connectivity index is 2.02. The molecule has 0 radical (unpaired) electrons. The molecule has 208 valence electrons. The van der Waals surface area contributed by atoms with Gasteiger partial charge in [-0.05, 0) is 87.0 Å². The molecular formula is C28H31Br2N3O5S. The molecule has 0 saturated carbocycles. The van der Waals surface area contributed by atoms with Crippen molar-refractivity contribution >= 4 is 59.4 Å². The first kappa shape index (κ1) is 30.6. The van der Waals surface area contributed by atoms with E-state index < -0.39 is 28.5 Å². The summed E-state index contributed by atoms with van der Waals surface area (Å²) < 4.78 is 35.8. The van der Waals surface area contributed by atoms with Gasteiger partial charge in [0.1, 0.15) is 18.3 Å². The lowest BCUT2D eigenvalue weighted by Crippen LogP contribution is -2.51. The predicted octanol–water partition coefficient (Wildman–Crippen LogP) is 5.36. The van der Waals surface area contributed by atoms with Gasteiger partial charge in [0, 0.05) is 22.0 Å². The fraction of sp³-hybridized carbons (Fsp3) is 0.286. The molecule has 3 aromatic carbocycles. The predicted molar refractivity (Wildman–Crippen MR) is 159 cm³/mol. The second-order valence-electron chi connectivity index (χ2n) is 8.61. The van der Waals surface area contributed by atoms with Crippen LogP contribution in [0.1, 0.15) is 26.3 Å². The number of carbonyl (C=O) groups excluding carboxylic acids is 2. The number of nitrogens with zero attached hydrogens (tertiary/aromatic N) is 2. The van der Waals surface area contributed by atoms with Crippen LogP contribution in [-0.4, -0.2) is 50.9 Å². The van der Waals surface area contributed by atoms with Crippen molar-refractivity contribution in [2.45, 2.75) is 38.3 Å². The van der Waals surface area contributed by atoms with E-state index in [1.54, 1.807) is 50.2 Å². The van der Waals surface area contributed by atoms with Gasteiger partial charge >= 0.3 is 0 Å². The topological polar surface area (TPSA) is 96.0 Å².